The van der Waals surface area contributed by atoms with Gasteiger partial charge >= 0.3 is 12.0 Å². The van der Waals surface area contributed by atoms with E-state index in [0.29, 0.717) is 5.69 Å². The van der Waals surface area contributed by atoms with E-state index in [1.165, 1.54) is 0 Å². The molecule has 0 fully saturated rings. The van der Waals surface area contributed by atoms with E-state index < -0.39 is 18.5 Å². The molecule has 0 atom stereocenters. The third kappa shape index (κ3) is 3.60. The molecule has 0 aliphatic heterocycles. The number of anilines is 1. The van der Waals surface area contributed by atoms with Gasteiger partial charge in [0.05, 0.1) is 0 Å². The lowest BCUT2D eigenvalue weighted by molar-refractivity contribution is -0.135. The van der Waals surface area contributed by atoms with Gasteiger partial charge in [-0.2, -0.15) is 0 Å². The average molecular weight is 259 g/mol. The number of nitrogens with one attached hydrogen (secondary N) is 2. The van der Waals surface area contributed by atoms with Gasteiger partial charge in [-0.3, -0.25) is 4.79 Å². The summed E-state index contributed by atoms with van der Waals surface area (Å²) in [6.45, 7) is -0.409. The van der Waals surface area contributed by atoms with Gasteiger partial charge in [-0.05, 0) is 36.4 Å². The van der Waals surface area contributed by atoms with Crippen LogP contribution < -0.4 is 10.6 Å². The molecule has 0 aliphatic carbocycles. The summed E-state index contributed by atoms with van der Waals surface area (Å²) in [6.07, 6.45) is 3.84. The standard InChI is InChI=1S/C13H13N3O3/c17-12(18)9-14-13(19)15-10-3-5-11(6-4-10)16-7-1-2-8-16/h1-8H,9H2,(H,17,18)(H2,14,15,19). The van der Waals surface area contributed by atoms with Gasteiger partial charge in [0.2, 0.25) is 0 Å². The Morgan fingerprint density at radius 3 is 2.32 bits per heavy atom. The Balaban J connectivity index is 1.95. The first-order valence-electron chi connectivity index (χ1n) is 5.65. The molecule has 0 aliphatic rings. The molecule has 1 heterocycles. The minimum Gasteiger partial charge on any atom is -0.480 e. The van der Waals surface area contributed by atoms with Crippen molar-refractivity contribution in [2.75, 3.05) is 11.9 Å². The van der Waals surface area contributed by atoms with Gasteiger partial charge in [0, 0.05) is 23.8 Å². The molecule has 1 aromatic carbocycles. The highest BCUT2D eigenvalue weighted by molar-refractivity contribution is 5.91. The highest BCUT2D eigenvalue weighted by Gasteiger charge is 2.03. The quantitative estimate of drug-likeness (QED) is 0.781. The summed E-state index contributed by atoms with van der Waals surface area (Å²) in [5.74, 6) is -1.09. The smallest absolute Gasteiger partial charge is 0.323 e. The largest absolute Gasteiger partial charge is 0.480 e. The topological polar surface area (TPSA) is 83.4 Å². The molecule has 2 amide bonds. The minimum absolute atomic E-state index is 0.409. The second kappa shape index (κ2) is 5.72. The molecular formula is C13H13N3O3. The zero-order chi connectivity index (χ0) is 13.7. The van der Waals surface area contributed by atoms with E-state index >= 15 is 0 Å². The molecule has 98 valence electrons. The lowest BCUT2D eigenvalue weighted by atomic mass is 10.3. The molecule has 0 radical (unpaired) electrons. The Labute approximate surface area is 109 Å². The van der Waals surface area contributed by atoms with Crippen molar-refractivity contribution in [1.29, 1.82) is 0 Å². The maximum absolute atomic E-state index is 11.3. The molecule has 19 heavy (non-hydrogen) atoms. The number of aliphatic carboxylic acids is 1. The Morgan fingerprint density at radius 2 is 1.74 bits per heavy atom. The molecule has 6 heteroatoms. The van der Waals surface area contributed by atoms with Crippen LogP contribution in [0.2, 0.25) is 0 Å². The number of urea groups is 1. The molecule has 2 rings (SSSR count). The summed E-state index contributed by atoms with van der Waals surface area (Å²) >= 11 is 0. The second-order valence-electron chi connectivity index (χ2n) is 3.84. The van der Waals surface area contributed by atoms with Gasteiger partial charge < -0.3 is 20.3 Å². The molecule has 0 saturated heterocycles. The van der Waals surface area contributed by atoms with Crippen LogP contribution in [0.25, 0.3) is 5.69 Å². The fourth-order valence-electron chi connectivity index (χ4n) is 1.55. The third-order valence-corrected chi connectivity index (χ3v) is 2.43. The molecule has 1 aromatic heterocycles. The number of hydrogen-bond acceptors (Lipinski definition) is 2. The van der Waals surface area contributed by atoms with Crippen LogP contribution in [-0.2, 0) is 4.79 Å². The van der Waals surface area contributed by atoms with Crippen LogP contribution in [0, 0.1) is 0 Å². The van der Waals surface area contributed by atoms with Crippen molar-refractivity contribution in [3.8, 4) is 5.69 Å². The molecule has 3 N–H and O–H groups in total. The predicted molar refractivity (Wildman–Crippen MR) is 70.4 cm³/mol. The number of carboxylic acids is 1. The van der Waals surface area contributed by atoms with Crippen LogP contribution >= 0.6 is 0 Å². The predicted octanol–water partition coefficient (Wildman–Crippen LogP) is 1.68. The highest BCUT2D eigenvalue weighted by Crippen LogP contribution is 2.13. The fraction of sp³-hybridized carbons (Fsp3) is 0.0769. The van der Waals surface area contributed by atoms with E-state index in [0.717, 1.165) is 5.69 Å². The summed E-state index contributed by atoms with van der Waals surface area (Å²) in [7, 11) is 0. The van der Waals surface area contributed by atoms with Crippen LogP contribution in [-0.4, -0.2) is 28.2 Å². The Hall–Kier alpha value is -2.76. The van der Waals surface area contributed by atoms with Gasteiger partial charge in [-0.1, -0.05) is 0 Å². The highest BCUT2D eigenvalue weighted by atomic mass is 16.4. The van der Waals surface area contributed by atoms with Crippen molar-refractivity contribution < 1.29 is 14.7 Å². The van der Waals surface area contributed by atoms with Crippen molar-refractivity contribution in [2.24, 2.45) is 0 Å². The van der Waals surface area contributed by atoms with Crippen LogP contribution in [0.5, 0.6) is 0 Å². The molecule has 2 aromatic rings. The number of benzene rings is 1. The van der Waals surface area contributed by atoms with Gasteiger partial charge in [-0.25, -0.2) is 4.79 Å². The van der Waals surface area contributed by atoms with Crippen molar-refractivity contribution in [3.05, 3.63) is 48.8 Å². The number of hydrogen-bond donors (Lipinski definition) is 3. The zero-order valence-corrected chi connectivity index (χ0v) is 10.0. The monoisotopic (exact) mass is 259 g/mol. The van der Waals surface area contributed by atoms with Crippen molar-refractivity contribution >= 4 is 17.7 Å². The number of nitrogens with zero attached hydrogens (tertiary/aromatic N) is 1. The van der Waals surface area contributed by atoms with Gasteiger partial charge in [-0.15, -0.1) is 0 Å². The molecule has 0 bridgehead atoms. The molecular weight excluding hydrogens is 246 g/mol. The van der Waals surface area contributed by atoms with Gasteiger partial charge in [0.25, 0.3) is 0 Å². The Bertz CT molecular complexity index is 561. The zero-order valence-electron chi connectivity index (χ0n) is 10.0. The van der Waals surface area contributed by atoms with E-state index in [1.54, 1.807) is 12.1 Å². The van der Waals surface area contributed by atoms with E-state index in [2.05, 4.69) is 10.6 Å². The summed E-state index contributed by atoms with van der Waals surface area (Å²) in [6, 6.07) is 10.5. The molecule has 6 nitrogen and oxygen atoms in total. The van der Waals surface area contributed by atoms with Gasteiger partial charge in [0.15, 0.2) is 0 Å². The lowest BCUT2D eigenvalue weighted by Gasteiger charge is -2.07. The van der Waals surface area contributed by atoms with Gasteiger partial charge in [0.1, 0.15) is 6.54 Å². The van der Waals surface area contributed by atoms with E-state index in [1.807, 2.05) is 41.2 Å². The van der Waals surface area contributed by atoms with E-state index in [4.69, 9.17) is 5.11 Å². The molecule has 0 unspecified atom stereocenters. The summed E-state index contributed by atoms with van der Waals surface area (Å²) < 4.78 is 1.94. The van der Waals surface area contributed by atoms with Crippen LogP contribution in [0.1, 0.15) is 0 Å². The lowest BCUT2D eigenvalue weighted by Crippen LogP contribution is -2.33. The van der Waals surface area contributed by atoms with Crippen molar-refractivity contribution in [3.63, 3.8) is 0 Å². The maximum atomic E-state index is 11.3. The van der Waals surface area contributed by atoms with Crippen LogP contribution in [0.15, 0.2) is 48.8 Å². The van der Waals surface area contributed by atoms with Crippen LogP contribution in [0.4, 0.5) is 10.5 Å². The fourth-order valence-corrected chi connectivity index (χ4v) is 1.55. The first-order chi connectivity index (χ1) is 9.15. The normalized spacial score (nSPS) is 9.89. The summed E-state index contributed by atoms with van der Waals surface area (Å²) in [5.41, 5.74) is 1.57. The molecule has 0 saturated carbocycles. The van der Waals surface area contributed by atoms with Crippen molar-refractivity contribution in [2.45, 2.75) is 0 Å². The number of carbonyl (C=O) groups excluding carboxylic acids is 1. The third-order valence-electron chi connectivity index (χ3n) is 2.43. The van der Waals surface area contributed by atoms with Crippen molar-refractivity contribution in [1.82, 2.24) is 9.88 Å². The Kier molecular flexibility index (Phi) is 3.82. The Morgan fingerprint density at radius 1 is 1.11 bits per heavy atom. The SMILES string of the molecule is O=C(O)CNC(=O)Nc1ccc(-n2cccc2)cc1. The number of aromatic nitrogens is 1. The number of rotatable bonds is 4. The number of carboxylic acid groups (broad SMARTS) is 1. The second-order valence-corrected chi connectivity index (χ2v) is 3.84. The van der Waals surface area contributed by atoms with E-state index in [-0.39, 0.29) is 0 Å². The first-order valence-corrected chi connectivity index (χ1v) is 5.65. The minimum atomic E-state index is -1.09. The number of amides is 2. The summed E-state index contributed by atoms with van der Waals surface area (Å²) in [4.78, 5) is 21.6. The maximum Gasteiger partial charge on any atom is 0.323 e. The van der Waals surface area contributed by atoms with Crippen LogP contribution in [0.3, 0.4) is 0 Å². The average Bonchev–Trinajstić information content (AvgIpc) is 2.91. The number of carbonyl (C=O) groups is 2. The first kappa shape index (κ1) is 12.7. The van der Waals surface area contributed by atoms with E-state index in [9.17, 15) is 9.59 Å². The molecule has 0 spiro atoms. The summed E-state index contributed by atoms with van der Waals surface area (Å²) in [5, 5.41) is 13.2.